The van der Waals surface area contributed by atoms with Gasteiger partial charge in [0.05, 0.1) is 21.3 Å². The molecule has 7 heteroatoms. The van der Waals surface area contributed by atoms with E-state index in [2.05, 4.69) is 4.74 Å². The zero-order valence-corrected chi connectivity index (χ0v) is 14.1. The van der Waals surface area contributed by atoms with Gasteiger partial charge in [-0.25, -0.2) is 9.59 Å². The Morgan fingerprint density at radius 1 is 1.08 bits per heavy atom. The molecule has 1 heterocycles. The van der Waals surface area contributed by atoms with E-state index >= 15 is 0 Å². The Labute approximate surface area is 144 Å². The fraction of sp³-hybridized carbons (Fsp3) is 0.222. The third kappa shape index (κ3) is 4.87. The van der Waals surface area contributed by atoms with Gasteiger partial charge >= 0.3 is 11.9 Å². The quantitative estimate of drug-likeness (QED) is 0.563. The summed E-state index contributed by atoms with van der Waals surface area (Å²) in [5.74, 6) is 0.452. The van der Waals surface area contributed by atoms with Crippen LogP contribution in [0.15, 0.2) is 40.8 Å². The Kier molecular flexibility index (Phi) is 6.22. The predicted octanol–water partition coefficient (Wildman–Crippen LogP) is 2.84. The molecule has 0 aliphatic rings. The fourth-order valence-corrected chi connectivity index (χ4v) is 1.98. The minimum Gasteiger partial charge on any atom is -0.497 e. The van der Waals surface area contributed by atoms with Crippen molar-refractivity contribution in [2.45, 2.75) is 6.61 Å². The fourth-order valence-electron chi connectivity index (χ4n) is 1.98. The molecule has 132 valence electrons. The van der Waals surface area contributed by atoms with Crippen LogP contribution in [-0.4, -0.2) is 33.3 Å². The van der Waals surface area contributed by atoms with Gasteiger partial charge in [-0.3, -0.25) is 0 Å². The van der Waals surface area contributed by atoms with Gasteiger partial charge in [-0.15, -0.1) is 0 Å². The van der Waals surface area contributed by atoms with Gasteiger partial charge < -0.3 is 23.4 Å². The zero-order chi connectivity index (χ0) is 18.2. The largest absolute Gasteiger partial charge is 0.497 e. The topological polar surface area (TPSA) is 84.2 Å². The summed E-state index contributed by atoms with van der Waals surface area (Å²) in [6.07, 6.45) is 2.83. The highest BCUT2D eigenvalue weighted by Gasteiger charge is 2.12. The van der Waals surface area contributed by atoms with Gasteiger partial charge in [-0.05, 0) is 36.4 Å². The maximum absolute atomic E-state index is 11.8. The zero-order valence-electron chi connectivity index (χ0n) is 14.1. The van der Waals surface area contributed by atoms with Gasteiger partial charge in [-0.1, -0.05) is 0 Å². The standard InChI is InChI=1S/C18H18O7/c1-21-13-5-7-15(22-2)12(10-13)4-9-17(19)24-11-14-6-8-16(25-14)18(20)23-3/h4-10H,11H2,1-3H3/b9-4+. The second kappa shape index (κ2) is 8.58. The summed E-state index contributed by atoms with van der Waals surface area (Å²) in [6, 6.07) is 8.21. The number of esters is 2. The Morgan fingerprint density at radius 2 is 1.88 bits per heavy atom. The average Bonchev–Trinajstić information content (AvgIpc) is 3.12. The van der Waals surface area contributed by atoms with Crippen LogP contribution in [-0.2, 0) is 20.9 Å². The lowest BCUT2D eigenvalue weighted by Crippen LogP contribution is -2.01. The first-order chi connectivity index (χ1) is 12.1. The monoisotopic (exact) mass is 346 g/mol. The van der Waals surface area contributed by atoms with Crippen LogP contribution >= 0.6 is 0 Å². The van der Waals surface area contributed by atoms with Crippen molar-refractivity contribution in [2.75, 3.05) is 21.3 Å². The lowest BCUT2D eigenvalue weighted by Gasteiger charge is -2.07. The lowest BCUT2D eigenvalue weighted by molar-refractivity contribution is -0.139. The Balaban J connectivity index is 1.97. The summed E-state index contributed by atoms with van der Waals surface area (Å²) >= 11 is 0. The van der Waals surface area contributed by atoms with Crippen molar-refractivity contribution in [2.24, 2.45) is 0 Å². The molecule has 0 radical (unpaired) electrons. The van der Waals surface area contributed by atoms with E-state index in [0.29, 0.717) is 22.8 Å². The number of ether oxygens (including phenoxy) is 4. The van der Waals surface area contributed by atoms with Crippen molar-refractivity contribution < 1.29 is 33.0 Å². The molecule has 2 rings (SSSR count). The minimum atomic E-state index is -0.595. The first kappa shape index (κ1) is 18.1. The number of carbonyl (C=O) groups excluding carboxylic acids is 2. The smallest absolute Gasteiger partial charge is 0.373 e. The summed E-state index contributed by atoms with van der Waals surface area (Å²) in [7, 11) is 4.34. The van der Waals surface area contributed by atoms with E-state index < -0.39 is 11.9 Å². The molecule has 0 fully saturated rings. The number of rotatable bonds is 7. The van der Waals surface area contributed by atoms with Gasteiger partial charge in [0.25, 0.3) is 0 Å². The molecule has 0 atom stereocenters. The molecule has 0 aliphatic heterocycles. The average molecular weight is 346 g/mol. The van der Waals surface area contributed by atoms with Gasteiger partial charge in [-0.2, -0.15) is 0 Å². The Bertz CT molecular complexity index is 773. The van der Waals surface area contributed by atoms with Crippen LogP contribution in [0, 0.1) is 0 Å². The number of methoxy groups -OCH3 is 3. The highest BCUT2D eigenvalue weighted by Crippen LogP contribution is 2.25. The molecule has 0 spiro atoms. The van der Waals surface area contributed by atoms with Crippen LogP contribution in [0.5, 0.6) is 11.5 Å². The molecule has 1 aromatic heterocycles. The third-order valence-corrected chi connectivity index (χ3v) is 3.24. The van der Waals surface area contributed by atoms with E-state index in [0.717, 1.165) is 0 Å². The van der Waals surface area contributed by atoms with Crippen molar-refractivity contribution in [3.63, 3.8) is 0 Å². The SMILES string of the molecule is COC(=O)c1ccc(COC(=O)/C=C/c2cc(OC)ccc2OC)o1. The number of carbonyl (C=O) groups is 2. The highest BCUT2D eigenvalue weighted by atomic mass is 16.5. The number of hydrogen-bond acceptors (Lipinski definition) is 7. The molecular weight excluding hydrogens is 328 g/mol. The van der Waals surface area contributed by atoms with Crippen LogP contribution in [0.2, 0.25) is 0 Å². The summed E-state index contributed by atoms with van der Waals surface area (Å²) in [5.41, 5.74) is 0.671. The number of furan rings is 1. The Morgan fingerprint density at radius 3 is 2.56 bits per heavy atom. The maximum atomic E-state index is 11.8. The summed E-state index contributed by atoms with van der Waals surface area (Å²) < 4.78 is 25.2. The molecule has 0 aliphatic carbocycles. The first-order valence-corrected chi connectivity index (χ1v) is 7.31. The van der Waals surface area contributed by atoms with E-state index in [1.54, 1.807) is 31.4 Å². The molecule has 2 aromatic rings. The van der Waals surface area contributed by atoms with Gasteiger partial charge in [0.15, 0.2) is 0 Å². The van der Waals surface area contributed by atoms with Crippen LogP contribution in [0.3, 0.4) is 0 Å². The van der Waals surface area contributed by atoms with Crippen LogP contribution in [0.4, 0.5) is 0 Å². The van der Waals surface area contributed by atoms with Gasteiger partial charge in [0, 0.05) is 11.6 Å². The van der Waals surface area contributed by atoms with E-state index in [-0.39, 0.29) is 12.4 Å². The minimum absolute atomic E-state index is 0.0465. The predicted molar refractivity (Wildman–Crippen MR) is 88.4 cm³/mol. The molecule has 1 aromatic carbocycles. The maximum Gasteiger partial charge on any atom is 0.373 e. The first-order valence-electron chi connectivity index (χ1n) is 7.31. The van der Waals surface area contributed by atoms with Crippen molar-refractivity contribution in [1.82, 2.24) is 0 Å². The van der Waals surface area contributed by atoms with Crippen molar-refractivity contribution in [1.29, 1.82) is 0 Å². The molecule has 25 heavy (non-hydrogen) atoms. The normalized spacial score (nSPS) is 10.5. The number of benzene rings is 1. The molecule has 0 N–H and O–H groups in total. The molecule has 0 saturated carbocycles. The lowest BCUT2D eigenvalue weighted by atomic mass is 10.1. The molecule has 0 saturated heterocycles. The number of hydrogen-bond donors (Lipinski definition) is 0. The van der Waals surface area contributed by atoms with E-state index in [4.69, 9.17) is 18.6 Å². The van der Waals surface area contributed by atoms with Gasteiger partial charge in [0.1, 0.15) is 23.9 Å². The second-order valence-electron chi connectivity index (χ2n) is 4.81. The summed E-state index contributed by atoms with van der Waals surface area (Å²) in [4.78, 5) is 23.1. The molecule has 0 bridgehead atoms. The highest BCUT2D eigenvalue weighted by molar-refractivity contribution is 5.88. The molecule has 0 unspecified atom stereocenters. The van der Waals surface area contributed by atoms with Crippen LogP contribution < -0.4 is 9.47 Å². The van der Waals surface area contributed by atoms with Crippen molar-refractivity contribution >= 4 is 18.0 Å². The molecule has 7 nitrogen and oxygen atoms in total. The van der Waals surface area contributed by atoms with Gasteiger partial charge in [0.2, 0.25) is 5.76 Å². The van der Waals surface area contributed by atoms with Crippen LogP contribution in [0.25, 0.3) is 6.08 Å². The summed E-state index contributed by atoms with van der Waals surface area (Å²) in [5, 5.41) is 0. The summed E-state index contributed by atoms with van der Waals surface area (Å²) in [6.45, 7) is -0.102. The van der Waals surface area contributed by atoms with E-state index in [9.17, 15) is 9.59 Å². The van der Waals surface area contributed by atoms with E-state index in [1.165, 1.54) is 32.4 Å². The third-order valence-electron chi connectivity index (χ3n) is 3.24. The van der Waals surface area contributed by atoms with E-state index in [1.807, 2.05) is 0 Å². The van der Waals surface area contributed by atoms with Crippen molar-refractivity contribution in [3.8, 4) is 11.5 Å². The Hall–Kier alpha value is -3.22. The molecular formula is C18H18O7. The van der Waals surface area contributed by atoms with Crippen LogP contribution in [0.1, 0.15) is 21.9 Å². The van der Waals surface area contributed by atoms with Crippen molar-refractivity contribution in [3.05, 3.63) is 53.5 Å². The second-order valence-corrected chi connectivity index (χ2v) is 4.81. The molecule has 0 amide bonds.